The molecular weight excluding hydrogens is 174 g/mol. The van der Waals surface area contributed by atoms with E-state index in [1.165, 1.54) is 0 Å². The highest BCUT2D eigenvalue weighted by molar-refractivity contribution is 7.89. The Morgan fingerprint density at radius 3 is 1.83 bits per heavy atom. The van der Waals surface area contributed by atoms with Gasteiger partial charge in [0.05, 0.1) is 5.25 Å². The number of nitrogens with two attached hydrogens (primary N) is 1. The molecule has 1 fully saturated rings. The van der Waals surface area contributed by atoms with Gasteiger partial charge in [-0.05, 0) is 24.7 Å². The maximum atomic E-state index is 11.2. The number of rotatable bonds is 1. The van der Waals surface area contributed by atoms with Crippen LogP contribution < -0.4 is 5.14 Å². The average molecular weight is 191 g/mol. The molecule has 0 radical (unpaired) electrons. The van der Waals surface area contributed by atoms with Crippen molar-refractivity contribution in [2.24, 2.45) is 17.0 Å². The fourth-order valence-corrected chi connectivity index (χ4v) is 3.87. The highest BCUT2D eigenvalue weighted by atomic mass is 32.2. The number of sulfonamides is 1. The summed E-state index contributed by atoms with van der Waals surface area (Å²) in [6.07, 6.45) is 3.12. The third kappa shape index (κ3) is 1.98. The Kier molecular flexibility index (Phi) is 2.78. The third-order valence-corrected chi connectivity index (χ3v) is 4.51. The summed E-state index contributed by atoms with van der Waals surface area (Å²) in [6, 6.07) is 0. The molecule has 2 atom stereocenters. The minimum absolute atomic E-state index is 0.226. The van der Waals surface area contributed by atoms with Gasteiger partial charge in [-0.2, -0.15) is 0 Å². The molecule has 72 valence electrons. The van der Waals surface area contributed by atoms with Gasteiger partial charge in [-0.1, -0.05) is 20.3 Å². The summed E-state index contributed by atoms with van der Waals surface area (Å²) in [5.41, 5.74) is 0. The van der Waals surface area contributed by atoms with E-state index < -0.39 is 10.0 Å². The van der Waals surface area contributed by atoms with Crippen molar-refractivity contribution in [2.75, 3.05) is 0 Å². The maximum absolute atomic E-state index is 11.2. The van der Waals surface area contributed by atoms with Gasteiger partial charge in [0.15, 0.2) is 0 Å². The van der Waals surface area contributed by atoms with E-state index in [0.29, 0.717) is 0 Å². The molecule has 12 heavy (non-hydrogen) atoms. The van der Waals surface area contributed by atoms with Crippen molar-refractivity contribution in [3.8, 4) is 0 Å². The second kappa shape index (κ2) is 3.34. The first kappa shape index (κ1) is 9.99. The molecule has 2 unspecified atom stereocenters. The summed E-state index contributed by atoms with van der Waals surface area (Å²) in [5, 5.41) is 4.85. The van der Waals surface area contributed by atoms with Crippen LogP contribution >= 0.6 is 0 Å². The SMILES string of the molecule is CC1CCCC(C)C1S(N)(=O)=O. The Bertz CT molecular complexity index is 238. The van der Waals surface area contributed by atoms with E-state index in [0.717, 1.165) is 19.3 Å². The predicted molar refractivity (Wildman–Crippen MR) is 49.1 cm³/mol. The van der Waals surface area contributed by atoms with E-state index in [1.807, 2.05) is 13.8 Å². The summed E-state index contributed by atoms with van der Waals surface area (Å²) in [5.74, 6) is 0.451. The van der Waals surface area contributed by atoms with Crippen molar-refractivity contribution < 1.29 is 8.42 Å². The van der Waals surface area contributed by atoms with Crippen LogP contribution in [0, 0.1) is 11.8 Å². The van der Waals surface area contributed by atoms with Gasteiger partial charge in [-0.15, -0.1) is 0 Å². The van der Waals surface area contributed by atoms with Crippen molar-refractivity contribution in [1.29, 1.82) is 0 Å². The molecule has 3 nitrogen and oxygen atoms in total. The van der Waals surface area contributed by atoms with E-state index in [1.54, 1.807) is 0 Å². The monoisotopic (exact) mass is 191 g/mol. The van der Waals surface area contributed by atoms with Crippen LogP contribution in [0.4, 0.5) is 0 Å². The zero-order chi connectivity index (χ0) is 9.35. The molecule has 0 spiro atoms. The number of primary sulfonamides is 1. The molecule has 0 aliphatic heterocycles. The summed E-state index contributed by atoms with van der Waals surface area (Å²) < 4.78 is 22.4. The highest BCUT2D eigenvalue weighted by Gasteiger charge is 2.35. The van der Waals surface area contributed by atoms with Crippen molar-refractivity contribution in [3.05, 3.63) is 0 Å². The van der Waals surface area contributed by atoms with Crippen LogP contribution in [-0.4, -0.2) is 13.7 Å². The normalized spacial score (nSPS) is 38.1. The molecule has 0 saturated heterocycles. The van der Waals surface area contributed by atoms with E-state index >= 15 is 0 Å². The Hall–Kier alpha value is -0.0900. The van der Waals surface area contributed by atoms with E-state index in [9.17, 15) is 8.42 Å². The molecule has 4 heteroatoms. The lowest BCUT2D eigenvalue weighted by Crippen LogP contribution is -2.41. The molecule has 0 aromatic rings. The van der Waals surface area contributed by atoms with Gasteiger partial charge in [-0.3, -0.25) is 0 Å². The van der Waals surface area contributed by atoms with Crippen molar-refractivity contribution in [3.63, 3.8) is 0 Å². The van der Waals surface area contributed by atoms with Crippen LogP contribution in [0.3, 0.4) is 0 Å². The van der Waals surface area contributed by atoms with Crippen LogP contribution in [0.2, 0.25) is 0 Å². The molecule has 1 aliphatic carbocycles. The lowest BCUT2D eigenvalue weighted by atomic mass is 9.83. The van der Waals surface area contributed by atoms with Crippen LogP contribution in [0.25, 0.3) is 0 Å². The van der Waals surface area contributed by atoms with Crippen LogP contribution in [0.1, 0.15) is 33.1 Å². The van der Waals surface area contributed by atoms with E-state index in [2.05, 4.69) is 0 Å². The summed E-state index contributed by atoms with van der Waals surface area (Å²) in [6.45, 7) is 3.95. The van der Waals surface area contributed by atoms with Crippen molar-refractivity contribution in [1.82, 2.24) is 0 Å². The Labute approximate surface area is 74.4 Å². The second-order valence-electron chi connectivity index (χ2n) is 3.94. The molecule has 0 aromatic carbocycles. The predicted octanol–water partition coefficient (Wildman–Crippen LogP) is 1.10. The molecule has 1 aliphatic rings. The van der Waals surface area contributed by atoms with Gasteiger partial charge in [-0.25, -0.2) is 13.6 Å². The highest BCUT2D eigenvalue weighted by Crippen LogP contribution is 2.32. The largest absolute Gasteiger partial charge is 0.228 e. The average Bonchev–Trinajstić information content (AvgIpc) is 1.82. The quantitative estimate of drug-likeness (QED) is 0.674. The molecule has 0 heterocycles. The van der Waals surface area contributed by atoms with Crippen molar-refractivity contribution in [2.45, 2.75) is 38.4 Å². The molecule has 0 amide bonds. The Morgan fingerprint density at radius 1 is 1.17 bits per heavy atom. The summed E-state index contributed by atoms with van der Waals surface area (Å²) in [7, 11) is -3.32. The fraction of sp³-hybridized carbons (Fsp3) is 1.00. The van der Waals surface area contributed by atoms with Gasteiger partial charge in [0.2, 0.25) is 10.0 Å². The van der Waals surface area contributed by atoms with Gasteiger partial charge >= 0.3 is 0 Å². The van der Waals surface area contributed by atoms with Gasteiger partial charge in [0.25, 0.3) is 0 Å². The van der Waals surface area contributed by atoms with E-state index in [-0.39, 0.29) is 17.1 Å². The molecule has 1 saturated carbocycles. The standard InChI is InChI=1S/C8H17NO2S/c1-6-4-3-5-7(2)8(6)12(9,10)11/h6-8H,3-5H2,1-2H3,(H2,9,10,11). The zero-order valence-electron chi connectivity index (χ0n) is 7.66. The topological polar surface area (TPSA) is 60.2 Å². The smallest absolute Gasteiger partial charge is 0.212 e. The first-order valence-electron chi connectivity index (χ1n) is 4.44. The van der Waals surface area contributed by atoms with Gasteiger partial charge in [0, 0.05) is 0 Å². The van der Waals surface area contributed by atoms with Crippen LogP contribution in [0.15, 0.2) is 0 Å². The minimum atomic E-state index is -3.32. The Morgan fingerprint density at radius 2 is 1.58 bits per heavy atom. The first-order valence-corrected chi connectivity index (χ1v) is 6.05. The van der Waals surface area contributed by atoms with Crippen molar-refractivity contribution >= 4 is 10.0 Å². The molecule has 0 aromatic heterocycles. The lowest BCUT2D eigenvalue weighted by Gasteiger charge is -2.32. The molecule has 2 N–H and O–H groups in total. The van der Waals surface area contributed by atoms with Crippen LogP contribution in [0.5, 0.6) is 0 Å². The molecular formula is C8H17NO2S. The summed E-state index contributed by atoms with van der Waals surface area (Å²) >= 11 is 0. The third-order valence-electron chi connectivity index (χ3n) is 2.82. The maximum Gasteiger partial charge on any atom is 0.212 e. The lowest BCUT2D eigenvalue weighted by molar-refractivity contribution is 0.302. The number of hydrogen-bond donors (Lipinski definition) is 1. The number of hydrogen-bond acceptors (Lipinski definition) is 2. The van der Waals surface area contributed by atoms with E-state index in [4.69, 9.17) is 5.14 Å². The zero-order valence-corrected chi connectivity index (χ0v) is 8.47. The van der Waals surface area contributed by atoms with Gasteiger partial charge in [0.1, 0.15) is 0 Å². The summed E-state index contributed by atoms with van der Waals surface area (Å²) in [4.78, 5) is 0. The van der Waals surface area contributed by atoms with Gasteiger partial charge < -0.3 is 0 Å². The molecule has 1 rings (SSSR count). The van der Waals surface area contributed by atoms with Crippen LogP contribution in [-0.2, 0) is 10.0 Å². The molecule has 0 bridgehead atoms. The minimum Gasteiger partial charge on any atom is -0.228 e. The second-order valence-corrected chi connectivity index (χ2v) is 5.66. The Balaban J connectivity index is 2.84. The first-order chi connectivity index (χ1) is 5.43. The fourth-order valence-electron chi connectivity index (χ4n) is 2.30.